The molecule has 0 aliphatic rings. The number of hydrogen-bond acceptors (Lipinski definition) is 5. The number of aromatic nitrogens is 2. The smallest absolute Gasteiger partial charge is 0.266 e. The molecule has 0 fully saturated rings. The Hall–Kier alpha value is -3.85. The van der Waals surface area contributed by atoms with Crippen LogP contribution < -0.4 is 16.2 Å². The molecule has 0 bridgehead atoms. The number of aryl methyl sites for hydroxylation is 1. The van der Waals surface area contributed by atoms with Gasteiger partial charge in [-0.05, 0) is 48.4 Å². The van der Waals surface area contributed by atoms with E-state index in [1.54, 1.807) is 43.3 Å². The van der Waals surface area contributed by atoms with E-state index in [0.29, 0.717) is 37.6 Å². The molecule has 0 atom stereocenters. The van der Waals surface area contributed by atoms with Crippen LogP contribution in [0, 0.1) is 12.7 Å². The molecule has 2 amide bonds. The molecule has 2 aromatic heterocycles. The first-order valence-electron chi connectivity index (χ1n) is 9.74. The topological polar surface area (TPSA) is 93.1 Å². The number of amides is 2. The molecule has 9 heteroatoms. The number of nitrogens with zero attached hydrogens (tertiary/aromatic N) is 2. The van der Waals surface area contributed by atoms with Gasteiger partial charge < -0.3 is 10.6 Å². The fourth-order valence-corrected chi connectivity index (χ4v) is 4.42. The first kappa shape index (κ1) is 21.4. The van der Waals surface area contributed by atoms with Crippen LogP contribution in [0.15, 0.2) is 59.7 Å². The minimum atomic E-state index is -0.377. The Balaban J connectivity index is 1.63. The molecule has 0 radical (unpaired) electrons. The monoisotopic (exact) mass is 450 g/mol. The van der Waals surface area contributed by atoms with Gasteiger partial charge in [0.1, 0.15) is 10.6 Å². The van der Waals surface area contributed by atoms with E-state index in [2.05, 4.69) is 15.6 Å². The second-order valence-corrected chi connectivity index (χ2v) is 8.26. The minimum Gasteiger partial charge on any atom is -0.326 e. The Morgan fingerprint density at radius 2 is 1.81 bits per heavy atom. The highest BCUT2D eigenvalue weighted by molar-refractivity contribution is 7.20. The number of fused-ring (bicyclic) bond motifs is 1. The molecule has 0 spiro atoms. The second-order valence-electron chi connectivity index (χ2n) is 7.26. The van der Waals surface area contributed by atoms with Crippen molar-refractivity contribution in [3.8, 4) is 0 Å². The van der Waals surface area contributed by atoms with Crippen LogP contribution in [0.1, 0.15) is 27.7 Å². The number of hydrogen-bond donors (Lipinski definition) is 2. The molecule has 7 nitrogen and oxygen atoms in total. The summed E-state index contributed by atoms with van der Waals surface area (Å²) in [4.78, 5) is 42.4. The summed E-state index contributed by atoms with van der Waals surface area (Å²) in [6.45, 7) is 3.28. The van der Waals surface area contributed by atoms with Gasteiger partial charge in [-0.15, -0.1) is 11.3 Å². The van der Waals surface area contributed by atoms with E-state index in [-0.39, 0.29) is 29.7 Å². The van der Waals surface area contributed by atoms with Crippen LogP contribution >= 0.6 is 11.3 Å². The van der Waals surface area contributed by atoms with Gasteiger partial charge in [0.15, 0.2) is 0 Å². The maximum Gasteiger partial charge on any atom is 0.266 e. The summed E-state index contributed by atoms with van der Waals surface area (Å²) < 4.78 is 14.9. The molecule has 0 unspecified atom stereocenters. The number of carbonyl (C=O) groups is 2. The number of anilines is 2. The molecule has 2 heterocycles. The first-order valence-corrected chi connectivity index (χ1v) is 10.6. The van der Waals surface area contributed by atoms with Gasteiger partial charge in [-0.3, -0.25) is 19.0 Å². The van der Waals surface area contributed by atoms with Gasteiger partial charge in [0.25, 0.3) is 11.5 Å². The maximum absolute atomic E-state index is 13.5. The quantitative estimate of drug-likeness (QED) is 0.477. The lowest BCUT2D eigenvalue weighted by Crippen LogP contribution is -2.21. The van der Waals surface area contributed by atoms with Crippen molar-refractivity contribution in [3.05, 3.63) is 87.0 Å². The molecule has 0 saturated heterocycles. The summed E-state index contributed by atoms with van der Waals surface area (Å²) in [5, 5.41) is 5.83. The lowest BCUT2D eigenvalue weighted by molar-refractivity contribution is -0.114. The molecule has 2 aromatic carbocycles. The predicted molar refractivity (Wildman–Crippen MR) is 123 cm³/mol. The number of rotatable bonds is 5. The Kier molecular flexibility index (Phi) is 5.83. The molecule has 0 aliphatic heterocycles. The van der Waals surface area contributed by atoms with Crippen molar-refractivity contribution in [3.63, 3.8) is 0 Å². The molecule has 0 saturated carbocycles. The van der Waals surface area contributed by atoms with Crippen molar-refractivity contribution in [1.82, 2.24) is 9.55 Å². The van der Waals surface area contributed by atoms with Crippen molar-refractivity contribution >= 4 is 44.7 Å². The summed E-state index contributed by atoms with van der Waals surface area (Å²) in [5.41, 5.74) is 1.95. The lowest BCUT2D eigenvalue weighted by atomic mass is 10.2. The number of carbonyl (C=O) groups excluding carboxylic acids is 2. The van der Waals surface area contributed by atoms with Crippen LogP contribution in [-0.2, 0) is 11.3 Å². The fraction of sp³-hybridized carbons (Fsp3) is 0.130. The van der Waals surface area contributed by atoms with E-state index < -0.39 is 0 Å². The van der Waals surface area contributed by atoms with Gasteiger partial charge in [0.05, 0.1) is 23.1 Å². The third-order valence-electron chi connectivity index (χ3n) is 4.81. The van der Waals surface area contributed by atoms with Crippen LogP contribution in [0.2, 0.25) is 0 Å². The molecule has 0 aliphatic carbocycles. The van der Waals surface area contributed by atoms with Crippen molar-refractivity contribution < 1.29 is 14.0 Å². The molecular weight excluding hydrogens is 431 g/mol. The Morgan fingerprint density at radius 1 is 1.09 bits per heavy atom. The van der Waals surface area contributed by atoms with Crippen LogP contribution in [0.4, 0.5) is 15.8 Å². The molecule has 2 N–H and O–H groups in total. The average Bonchev–Trinajstić information content (AvgIpc) is 3.07. The zero-order valence-electron chi connectivity index (χ0n) is 17.3. The Labute approximate surface area is 186 Å². The Bertz CT molecular complexity index is 1410. The van der Waals surface area contributed by atoms with Crippen LogP contribution in [0.25, 0.3) is 10.2 Å². The predicted octanol–water partition coefficient (Wildman–Crippen LogP) is 4.16. The summed E-state index contributed by atoms with van der Waals surface area (Å²) in [6.07, 6.45) is 1.41. The van der Waals surface area contributed by atoms with Gasteiger partial charge in [-0.1, -0.05) is 18.2 Å². The molecule has 162 valence electrons. The van der Waals surface area contributed by atoms with Crippen molar-refractivity contribution in [2.24, 2.45) is 0 Å². The Morgan fingerprint density at radius 3 is 2.53 bits per heavy atom. The molecule has 4 aromatic rings. The van der Waals surface area contributed by atoms with Crippen LogP contribution in [0.3, 0.4) is 0 Å². The maximum atomic E-state index is 13.5. The van der Waals surface area contributed by atoms with Gasteiger partial charge in [0.2, 0.25) is 5.91 Å². The van der Waals surface area contributed by atoms with Crippen LogP contribution in [-0.4, -0.2) is 21.4 Å². The van der Waals surface area contributed by atoms with Crippen molar-refractivity contribution in [1.29, 1.82) is 0 Å². The van der Waals surface area contributed by atoms with Crippen molar-refractivity contribution in [2.45, 2.75) is 20.4 Å². The zero-order chi connectivity index (χ0) is 22.8. The van der Waals surface area contributed by atoms with E-state index in [4.69, 9.17) is 0 Å². The summed E-state index contributed by atoms with van der Waals surface area (Å²) >= 11 is 1.13. The molecule has 4 rings (SSSR count). The largest absolute Gasteiger partial charge is 0.326 e. The highest BCUT2D eigenvalue weighted by Crippen LogP contribution is 2.28. The summed E-state index contributed by atoms with van der Waals surface area (Å²) in [6, 6.07) is 12.8. The van der Waals surface area contributed by atoms with E-state index in [1.165, 1.54) is 30.0 Å². The van der Waals surface area contributed by atoms with E-state index >= 15 is 0 Å². The third-order valence-corrected chi connectivity index (χ3v) is 6.00. The molecule has 32 heavy (non-hydrogen) atoms. The SMILES string of the molecule is CC(=O)Nc1cccc(NC(=O)c2sc3ncn(Cc4cccc(F)c4)c(=O)c3c2C)c1. The fourth-order valence-electron chi connectivity index (χ4n) is 3.39. The highest BCUT2D eigenvalue weighted by atomic mass is 32.1. The third kappa shape index (κ3) is 4.42. The van der Waals surface area contributed by atoms with E-state index in [0.717, 1.165) is 11.3 Å². The highest BCUT2D eigenvalue weighted by Gasteiger charge is 2.20. The van der Waals surface area contributed by atoms with Gasteiger partial charge in [-0.2, -0.15) is 0 Å². The number of nitrogens with one attached hydrogen (secondary N) is 2. The average molecular weight is 450 g/mol. The number of halogens is 1. The second kappa shape index (κ2) is 8.72. The minimum absolute atomic E-state index is 0.173. The first-order chi connectivity index (χ1) is 15.3. The van der Waals surface area contributed by atoms with Crippen molar-refractivity contribution in [2.75, 3.05) is 10.6 Å². The van der Waals surface area contributed by atoms with E-state index in [1.807, 2.05) is 0 Å². The normalized spacial score (nSPS) is 10.8. The lowest BCUT2D eigenvalue weighted by Gasteiger charge is -2.07. The van der Waals surface area contributed by atoms with Gasteiger partial charge in [0, 0.05) is 18.3 Å². The summed E-state index contributed by atoms with van der Waals surface area (Å²) in [5.74, 6) is -0.964. The van der Waals surface area contributed by atoms with Gasteiger partial charge >= 0.3 is 0 Å². The standard InChI is InChI=1S/C23H19FN4O3S/c1-13-19-22(25-12-28(23(19)31)11-15-5-3-6-16(24)9-15)32-20(13)21(30)27-18-8-4-7-17(10-18)26-14(2)29/h3-10,12H,11H2,1-2H3,(H,26,29)(H,27,30). The van der Waals surface area contributed by atoms with E-state index in [9.17, 15) is 18.8 Å². The number of thiophene rings is 1. The zero-order valence-corrected chi connectivity index (χ0v) is 18.1. The number of benzene rings is 2. The van der Waals surface area contributed by atoms with Crippen LogP contribution in [0.5, 0.6) is 0 Å². The molecular formula is C23H19FN4O3S. The van der Waals surface area contributed by atoms with Gasteiger partial charge in [-0.25, -0.2) is 9.37 Å². The summed E-state index contributed by atoms with van der Waals surface area (Å²) in [7, 11) is 0.